The summed E-state index contributed by atoms with van der Waals surface area (Å²) in [6, 6.07) is 5.72. The maximum Gasteiger partial charge on any atom is 0.260 e. The number of nitrogens with one attached hydrogen (secondary N) is 2. The van der Waals surface area contributed by atoms with E-state index in [2.05, 4.69) is 20.7 Å². The van der Waals surface area contributed by atoms with Crippen molar-refractivity contribution in [2.45, 2.75) is 62.8 Å². The summed E-state index contributed by atoms with van der Waals surface area (Å²) >= 11 is 0. The second-order valence-corrected chi connectivity index (χ2v) is 8.49. The fourth-order valence-electron chi connectivity index (χ4n) is 4.18. The van der Waals surface area contributed by atoms with Gasteiger partial charge in [-0.25, -0.2) is 13.3 Å². The Morgan fingerprint density at radius 1 is 1.07 bits per heavy atom. The number of amides is 2. The quantitative estimate of drug-likeness (QED) is 0.804. The molecule has 7 nitrogen and oxygen atoms in total. The number of hydrogen-bond donors (Lipinski definition) is 2. The highest BCUT2D eigenvalue weighted by Crippen LogP contribution is 2.48. The van der Waals surface area contributed by atoms with Crippen molar-refractivity contribution in [3.05, 3.63) is 23.9 Å². The minimum Gasteiger partial charge on any atom is -0.353 e. The van der Waals surface area contributed by atoms with Gasteiger partial charge >= 0.3 is 0 Å². The molecule has 3 fully saturated rings. The van der Waals surface area contributed by atoms with Crippen molar-refractivity contribution in [1.29, 1.82) is 0 Å². The number of fused-ring (bicyclic) bond motifs is 1. The number of aromatic nitrogens is 3. The van der Waals surface area contributed by atoms with E-state index in [9.17, 15) is 18.4 Å². The molecule has 0 aromatic carbocycles. The van der Waals surface area contributed by atoms with E-state index in [1.807, 2.05) is 18.2 Å². The molecule has 3 aliphatic rings. The standard InChI is InChI=1S/C20H23F2N5O2/c21-20(22)10-14(20)18(29)23-13-8-6-11(7-9-13)15-2-1-3-16-24-19(26-27(15)16)25-17(28)12-4-5-12/h1-3,11-14H,4-10H2,(H,23,29)(H,25,26,28)/t11-,13+,14-/m1/s1. The SMILES string of the molecule is O=C(Nc1nc2cccc([C@H]3CC[C@@H](NC(=O)[C@H]4CC4(F)F)CC3)n2n1)C1CC1. The molecule has 9 heteroatoms. The van der Waals surface area contributed by atoms with Crippen molar-refractivity contribution in [1.82, 2.24) is 19.9 Å². The lowest BCUT2D eigenvalue weighted by Gasteiger charge is -2.29. The largest absolute Gasteiger partial charge is 0.353 e. The number of nitrogens with zero attached hydrogens (tertiary/aromatic N) is 3. The van der Waals surface area contributed by atoms with Crippen molar-refractivity contribution in [2.24, 2.45) is 11.8 Å². The van der Waals surface area contributed by atoms with Gasteiger partial charge < -0.3 is 5.32 Å². The minimum atomic E-state index is -2.82. The summed E-state index contributed by atoms with van der Waals surface area (Å²) in [7, 11) is 0. The van der Waals surface area contributed by atoms with Crippen LogP contribution >= 0.6 is 0 Å². The van der Waals surface area contributed by atoms with Crippen LogP contribution in [-0.2, 0) is 9.59 Å². The number of carbonyl (C=O) groups excluding carboxylic acids is 2. The number of hydrogen-bond acceptors (Lipinski definition) is 4. The van der Waals surface area contributed by atoms with Gasteiger partial charge in [-0.3, -0.25) is 14.9 Å². The average molecular weight is 403 g/mol. The Labute approximate surface area is 166 Å². The third kappa shape index (κ3) is 3.70. The smallest absolute Gasteiger partial charge is 0.260 e. The molecule has 2 heterocycles. The van der Waals surface area contributed by atoms with E-state index in [1.54, 1.807) is 4.52 Å². The summed E-state index contributed by atoms with van der Waals surface area (Å²) in [4.78, 5) is 28.3. The van der Waals surface area contributed by atoms with Crippen molar-refractivity contribution in [3.8, 4) is 0 Å². The molecule has 0 bridgehead atoms. The Hall–Kier alpha value is -2.58. The Morgan fingerprint density at radius 3 is 2.45 bits per heavy atom. The zero-order valence-electron chi connectivity index (χ0n) is 15.9. The molecule has 0 spiro atoms. The molecule has 2 N–H and O–H groups in total. The number of halogens is 2. The van der Waals surface area contributed by atoms with Gasteiger partial charge in [0.05, 0.1) is 0 Å². The van der Waals surface area contributed by atoms with Crippen LogP contribution in [0.3, 0.4) is 0 Å². The van der Waals surface area contributed by atoms with Crippen LogP contribution in [-0.4, -0.2) is 38.4 Å². The molecule has 2 aromatic heterocycles. The van der Waals surface area contributed by atoms with Gasteiger partial charge in [0.15, 0.2) is 5.65 Å². The van der Waals surface area contributed by atoms with E-state index in [4.69, 9.17) is 0 Å². The van der Waals surface area contributed by atoms with Gasteiger partial charge in [-0.1, -0.05) is 6.07 Å². The van der Waals surface area contributed by atoms with Crippen LogP contribution in [0.2, 0.25) is 0 Å². The Bertz CT molecular complexity index is 963. The maximum absolute atomic E-state index is 13.1. The summed E-state index contributed by atoms with van der Waals surface area (Å²) in [6.07, 6.45) is 4.65. The Balaban J connectivity index is 1.24. The second-order valence-electron chi connectivity index (χ2n) is 8.49. The lowest BCUT2D eigenvalue weighted by molar-refractivity contribution is -0.125. The van der Waals surface area contributed by atoms with Gasteiger partial charge in [-0.05, 0) is 50.7 Å². The van der Waals surface area contributed by atoms with Crippen molar-refractivity contribution >= 4 is 23.4 Å². The van der Waals surface area contributed by atoms with Crippen molar-refractivity contribution in [2.75, 3.05) is 5.32 Å². The highest BCUT2D eigenvalue weighted by molar-refractivity contribution is 5.92. The molecule has 0 unspecified atom stereocenters. The van der Waals surface area contributed by atoms with Crippen LogP contribution in [0, 0.1) is 11.8 Å². The molecular weight excluding hydrogens is 380 g/mol. The summed E-state index contributed by atoms with van der Waals surface area (Å²) < 4.78 is 27.9. The highest BCUT2D eigenvalue weighted by atomic mass is 19.3. The van der Waals surface area contributed by atoms with Crippen LogP contribution in [0.25, 0.3) is 5.65 Å². The van der Waals surface area contributed by atoms with Gasteiger partial charge in [0.25, 0.3) is 5.92 Å². The first-order valence-corrected chi connectivity index (χ1v) is 10.3. The molecule has 1 atom stereocenters. The van der Waals surface area contributed by atoms with Crippen LogP contribution in [0.15, 0.2) is 18.2 Å². The first-order chi connectivity index (χ1) is 13.9. The number of anilines is 1. The maximum atomic E-state index is 13.1. The van der Waals surface area contributed by atoms with Crippen LogP contribution in [0.4, 0.5) is 14.7 Å². The number of pyridine rings is 1. The number of carbonyl (C=O) groups is 2. The lowest BCUT2D eigenvalue weighted by atomic mass is 9.83. The van der Waals surface area contributed by atoms with Gasteiger partial charge in [-0.15, -0.1) is 5.10 Å². The molecule has 0 saturated heterocycles. The molecule has 154 valence electrons. The number of alkyl halides is 2. The summed E-state index contributed by atoms with van der Waals surface area (Å²) in [5, 5.41) is 10.0. The predicted molar refractivity (Wildman–Crippen MR) is 101 cm³/mol. The highest BCUT2D eigenvalue weighted by Gasteiger charge is 2.61. The normalized spacial score (nSPS) is 28.1. The van der Waals surface area contributed by atoms with Gasteiger partial charge in [0.1, 0.15) is 5.92 Å². The molecule has 2 amide bonds. The summed E-state index contributed by atoms with van der Waals surface area (Å²) in [6.45, 7) is 0. The van der Waals surface area contributed by atoms with Gasteiger partial charge in [-0.2, -0.15) is 4.98 Å². The monoisotopic (exact) mass is 403 g/mol. The van der Waals surface area contributed by atoms with E-state index < -0.39 is 17.7 Å². The van der Waals surface area contributed by atoms with E-state index >= 15 is 0 Å². The van der Waals surface area contributed by atoms with E-state index in [0.29, 0.717) is 11.6 Å². The fourth-order valence-corrected chi connectivity index (χ4v) is 4.18. The molecule has 3 aliphatic carbocycles. The van der Waals surface area contributed by atoms with Gasteiger partial charge in [0, 0.05) is 30.0 Å². The van der Waals surface area contributed by atoms with E-state index in [-0.39, 0.29) is 30.2 Å². The average Bonchev–Trinajstić information content (AvgIpc) is 3.59. The molecule has 2 aromatic rings. The zero-order valence-corrected chi connectivity index (χ0v) is 15.9. The molecule has 3 saturated carbocycles. The second kappa shape index (κ2) is 6.74. The Morgan fingerprint density at radius 2 is 1.79 bits per heavy atom. The lowest BCUT2D eigenvalue weighted by Crippen LogP contribution is -2.39. The van der Waals surface area contributed by atoms with E-state index in [1.165, 1.54) is 0 Å². The topological polar surface area (TPSA) is 88.4 Å². The molecule has 29 heavy (non-hydrogen) atoms. The third-order valence-corrected chi connectivity index (χ3v) is 6.21. The Kier molecular flexibility index (Phi) is 4.29. The van der Waals surface area contributed by atoms with Crippen LogP contribution in [0.1, 0.15) is 56.6 Å². The van der Waals surface area contributed by atoms with Crippen molar-refractivity contribution in [3.63, 3.8) is 0 Å². The molecule has 0 radical (unpaired) electrons. The zero-order chi connectivity index (χ0) is 20.2. The minimum absolute atomic E-state index is 0.0278. The molecule has 5 rings (SSSR count). The van der Waals surface area contributed by atoms with Crippen molar-refractivity contribution < 1.29 is 18.4 Å². The fraction of sp³-hybridized carbons (Fsp3) is 0.600. The summed E-state index contributed by atoms with van der Waals surface area (Å²) in [5.74, 6) is -3.87. The molecule has 0 aliphatic heterocycles. The van der Waals surface area contributed by atoms with E-state index in [0.717, 1.165) is 44.2 Å². The number of rotatable bonds is 5. The van der Waals surface area contributed by atoms with Crippen LogP contribution < -0.4 is 10.6 Å². The van der Waals surface area contributed by atoms with Crippen LogP contribution in [0.5, 0.6) is 0 Å². The first-order valence-electron chi connectivity index (χ1n) is 10.3. The van der Waals surface area contributed by atoms with Gasteiger partial charge in [0.2, 0.25) is 17.8 Å². The predicted octanol–water partition coefficient (Wildman–Crippen LogP) is 2.88. The third-order valence-electron chi connectivity index (χ3n) is 6.21. The first kappa shape index (κ1) is 18.4. The molecular formula is C20H23F2N5O2. The summed E-state index contributed by atoms with van der Waals surface area (Å²) in [5.41, 5.74) is 1.69.